The summed E-state index contributed by atoms with van der Waals surface area (Å²) in [6, 6.07) is -0.807. The number of nitrogens with two attached hydrogens (primary N) is 1. The molecule has 4 aliphatic heterocycles. The van der Waals surface area contributed by atoms with E-state index in [-0.39, 0.29) is 71.7 Å². The summed E-state index contributed by atoms with van der Waals surface area (Å²) in [5.41, 5.74) is 4.98. The topological polar surface area (TPSA) is 150 Å². The first kappa shape index (κ1) is 29.6. The molecule has 0 aliphatic carbocycles. The molecular formula is C26H36F2N4O6S. The number of hydrogen-bond acceptors (Lipinski definition) is 8. The second-order valence-corrected chi connectivity index (χ2v) is 12.7. The van der Waals surface area contributed by atoms with Crippen LogP contribution in [0.3, 0.4) is 0 Å². The zero-order chi connectivity index (χ0) is 28.8. The molecule has 13 heteroatoms. The predicted octanol–water partition coefficient (Wildman–Crippen LogP) is 1.24. The van der Waals surface area contributed by atoms with Gasteiger partial charge in [0.1, 0.15) is 11.5 Å². The first-order valence-electron chi connectivity index (χ1n) is 13.4. The Hall–Kier alpha value is -2.38. The van der Waals surface area contributed by atoms with Crippen LogP contribution in [0.4, 0.5) is 8.78 Å². The molecule has 0 radical (unpaired) electrons. The van der Waals surface area contributed by atoms with Crippen LogP contribution in [0.2, 0.25) is 0 Å². The molecule has 0 spiro atoms. The van der Waals surface area contributed by atoms with Crippen LogP contribution >= 0.6 is 11.8 Å². The Morgan fingerprint density at radius 1 is 1.28 bits per heavy atom. The maximum absolute atomic E-state index is 13.6. The molecule has 4 heterocycles. The van der Waals surface area contributed by atoms with Crippen molar-refractivity contribution in [1.29, 1.82) is 0 Å². The number of β-lactam (4-membered cyclic amide) rings is 1. The Kier molecular flexibility index (Phi) is 8.53. The fourth-order valence-corrected chi connectivity index (χ4v) is 7.93. The number of carbonyl (C=O) groups is 5. The highest BCUT2D eigenvalue weighted by Crippen LogP contribution is 2.53. The van der Waals surface area contributed by atoms with E-state index >= 15 is 0 Å². The van der Waals surface area contributed by atoms with Crippen LogP contribution in [-0.4, -0.2) is 93.7 Å². The molecule has 4 rings (SSSR count). The van der Waals surface area contributed by atoms with Gasteiger partial charge in [0.05, 0.1) is 24.5 Å². The second-order valence-electron chi connectivity index (χ2n) is 11.3. The van der Waals surface area contributed by atoms with Crippen LogP contribution in [0.1, 0.15) is 46.5 Å². The molecule has 3 fully saturated rings. The molecule has 0 unspecified atom stereocenters. The van der Waals surface area contributed by atoms with Crippen LogP contribution in [0, 0.1) is 23.7 Å². The Morgan fingerprint density at radius 3 is 2.59 bits per heavy atom. The average Bonchev–Trinajstić information content (AvgIpc) is 3.57. The minimum absolute atomic E-state index is 0.00937. The number of fused-ring (bicyclic) bond motifs is 1. The molecular weight excluding hydrogens is 534 g/mol. The third kappa shape index (κ3) is 5.62. The fourth-order valence-electron chi connectivity index (χ4n) is 6.45. The molecule has 216 valence electrons. The number of amides is 2. The van der Waals surface area contributed by atoms with Crippen molar-refractivity contribution in [3.05, 3.63) is 10.6 Å². The van der Waals surface area contributed by atoms with Crippen molar-refractivity contribution in [2.75, 3.05) is 26.2 Å². The van der Waals surface area contributed by atoms with E-state index in [1.165, 1.54) is 23.6 Å². The Morgan fingerprint density at radius 2 is 1.97 bits per heavy atom. The molecule has 0 aromatic heterocycles. The van der Waals surface area contributed by atoms with Crippen LogP contribution in [0.5, 0.6) is 0 Å². The number of likely N-dealkylation sites (tertiary alicyclic amines) is 1. The van der Waals surface area contributed by atoms with Gasteiger partial charge in [-0.2, -0.15) is 8.78 Å². The number of rotatable bonds is 11. The highest BCUT2D eigenvalue weighted by atomic mass is 32.2. The summed E-state index contributed by atoms with van der Waals surface area (Å²) in [5, 5.41) is 13.0. The number of aliphatic carboxylic acids is 1. The number of carbonyl (C=O) groups excluding carboxylic acids is 4. The summed E-state index contributed by atoms with van der Waals surface area (Å²) < 4.78 is 27.1. The number of nitrogens with one attached hydrogen (secondary N) is 1. The molecule has 0 saturated carbocycles. The van der Waals surface area contributed by atoms with E-state index in [0.717, 1.165) is 0 Å². The Balaban J connectivity index is 1.36. The molecule has 0 aromatic rings. The predicted molar refractivity (Wildman–Crippen MR) is 139 cm³/mol. The number of ketones is 2. The largest absolute Gasteiger partial charge is 0.477 e. The van der Waals surface area contributed by atoms with Crippen LogP contribution < -0.4 is 11.1 Å². The van der Waals surface area contributed by atoms with Gasteiger partial charge in [0.2, 0.25) is 17.6 Å². The van der Waals surface area contributed by atoms with E-state index in [9.17, 15) is 37.9 Å². The minimum atomic E-state index is -3.55. The third-order valence-electron chi connectivity index (χ3n) is 8.43. The summed E-state index contributed by atoms with van der Waals surface area (Å²) in [7, 11) is 0. The van der Waals surface area contributed by atoms with Crippen molar-refractivity contribution in [3.63, 3.8) is 0 Å². The zero-order valence-electron chi connectivity index (χ0n) is 22.3. The highest BCUT2D eigenvalue weighted by Gasteiger charge is 2.60. The van der Waals surface area contributed by atoms with Gasteiger partial charge in [-0.25, -0.2) is 4.79 Å². The van der Waals surface area contributed by atoms with Crippen LogP contribution in [0.25, 0.3) is 0 Å². The highest BCUT2D eigenvalue weighted by molar-refractivity contribution is 8.03. The second kappa shape index (κ2) is 11.2. The Bertz CT molecular complexity index is 1100. The van der Waals surface area contributed by atoms with E-state index in [1.807, 2.05) is 13.8 Å². The van der Waals surface area contributed by atoms with Gasteiger partial charge in [0.15, 0.2) is 0 Å². The van der Waals surface area contributed by atoms with E-state index in [4.69, 9.17) is 5.73 Å². The van der Waals surface area contributed by atoms with Crippen molar-refractivity contribution in [1.82, 2.24) is 15.1 Å². The van der Waals surface area contributed by atoms with Crippen molar-refractivity contribution in [2.45, 2.75) is 69.7 Å². The number of thioether (sulfide) groups is 1. The smallest absolute Gasteiger partial charge is 0.353 e. The molecule has 0 bridgehead atoms. The first-order valence-corrected chi connectivity index (χ1v) is 14.2. The maximum Gasteiger partial charge on any atom is 0.353 e. The number of Topliss-reactive ketones (excluding diaryl/α,β-unsaturated/α-hetero) is 2. The maximum atomic E-state index is 13.6. The lowest BCUT2D eigenvalue weighted by atomic mass is 9.73. The van der Waals surface area contributed by atoms with Crippen LogP contribution in [-0.2, 0) is 24.0 Å². The number of carboxylic acid groups (broad SMARTS) is 1. The molecule has 0 aromatic carbocycles. The summed E-state index contributed by atoms with van der Waals surface area (Å²) in [5.74, 6) is -7.52. The first-order chi connectivity index (χ1) is 18.3. The summed E-state index contributed by atoms with van der Waals surface area (Å²) in [6.07, 6.45) is 0.844. The van der Waals surface area contributed by atoms with Gasteiger partial charge >= 0.3 is 11.9 Å². The van der Waals surface area contributed by atoms with E-state index < -0.39 is 36.2 Å². The number of hydrogen-bond donors (Lipinski definition) is 3. The SMILES string of the molecule is CC(=O)C[C@H](C)[C@H]1C(=O)N2C(C(=O)O)=C(S[C@@H]3CN[C@H](C(=O)N4CC[C@H](CC(=O)C(F)(F)CN)C4)C3)[C@H](C)[C@H]12. The molecule has 2 amide bonds. The van der Waals surface area contributed by atoms with Gasteiger partial charge in [0.25, 0.3) is 0 Å². The quantitative estimate of drug-likeness (QED) is 0.312. The third-order valence-corrected chi connectivity index (χ3v) is 9.94. The van der Waals surface area contributed by atoms with E-state index in [2.05, 4.69) is 5.32 Å². The van der Waals surface area contributed by atoms with Gasteiger partial charge in [-0.1, -0.05) is 13.8 Å². The van der Waals surface area contributed by atoms with Gasteiger partial charge in [-0.3, -0.25) is 14.4 Å². The molecule has 7 atom stereocenters. The van der Waals surface area contributed by atoms with Gasteiger partial charge < -0.3 is 30.8 Å². The van der Waals surface area contributed by atoms with Gasteiger partial charge in [-0.05, 0) is 31.6 Å². The lowest BCUT2D eigenvalue weighted by Gasteiger charge is -2.47. The van der Waals surface area contributed by atoms with Gasteiger partial charge in [-0.15, -0.1) is 11.8 Å². The molecule has 4 aliphatic rings. The zero-order valence-corrected chi connectivity index (χ0v) is 23.1. The molecule has 3 saturated heterocycles. The Labute approximate surface area is 230 Å². The van der Waals surface area contributed by atoms with Crippen molar-refractivity contribution in [2.24, 2.45) is 29.4 Å². The lowest BCUT2D eigenvalue weighted by Crippen LogP contribution is -2.62. The van der Waals surface area contributed by atoms with Crippen molar-refractivity contribution in [3.8, 4) is 0 Å². The number of nitrogens with zero attached hydrogens (tertiary/aromatic N) is 2. The monoisotopic (exact) mass is 570 g/mol. The summed E-state index contributed by atoms with van der Waals surface area (Å²) in [4.78, 5) is 65.3. The average molecular weight is 571 g/mol. The number of halogens is 2. The molecule has 4 N–H and O–H groups in total. The fraction of sp³-hybridized carbons (Fsp3) is 0.731. The van der Waals surface area contributed by atoms with Gasteiger partial charge in [0, 0.05) is 48.5 Å². The van der Waals surface area contributed by atoms with Crippen LogP contribution in [0.15, 0.2) is 10.6 Å². The standard InChI is InChI=1S/C26H36F2N4O6S/c1-12(6-13(2)33)19-20-14(3)22(21(25(37)38)32(20)24(19)36)39-16-8-17(30-9-16)23(35)31-5-4-15(10-31)7-18(34)26(27,28)11-29/h12,14-17,19-20,30H,4-11,29H2,1-3H3,(H,37,38)/t12-,14+,15+,16-,17-,19+,20+/m0/s1. The molecule has 39 heavy (non-hydrogen) atoms. The summed E-state index contributed by atoms with van der Waals surface area (Å²) >= 11 is 1.38. The minimum Gasteiger partial charge on any atom is -0.477 e. The molecule has 10 nitrogen and oxygen atoms in total. The van der Waals surface area contributed by atoms with Crippen molar-refractivity contribution >= 4 is 41.1 Å². The normalized spacial score (nSPS) is 31.4. The van der Waals surface area contributed by atoms with E-state index in [0.29, 0.717) is 30.8 Å². The number of carboxylic acids is 1. The van der Waals surface area contributed by atoms with Crippen molar-refractivity contribution < 1.29 is 37.9 Å². The lowest BCUT2D eigenvalue weighted by molar-refractivity contribution is -0.160. The number of alkyl halides is 2. The summed E-state index contributed by atoms with van der Waals surface area (Å²) in [6.45, 7) is 5.27. The van der Waals surface area contributed by atoms with E-state index in [1.54, 1.807) is 4.90 Å².